The summed E-state index contributed by atoms with van der Waals surface area (Å²) in [5, 5.41) is 11.5. The van der Waals surface area contributed by atoms with Crippen LogP contribution in [0.3, 0.4) is 0 Å². The first-order valence-electron chi connectivity index (χ1n) is 6.68. The minimum absolute atomic E-state index is 0.0830. The molecular weight excluding hydrogens is 264 g/mol. The number of ether oxygens (including phenoxy) is 1. The number of nitrogens with one attached hydrogen (secondary N) is 1. The number of amides is 2. The summed E-state index contributed by atoms with van der Waals surface area (Å²) in [5.41, 5.74) is 0. The number of hydrogen-bond donors (Lipinski definition) is 2. The van der Waals surface area contributed by atoms with E-state index in [0.29, 0.717) is 13.0 Å². The molecule has 0 radical (unpaired) electrons. The van der Waals surface area contributed by atoms with Gasteiger partial charge in [-0.1, -0.05) is 13.8 Å². The average Bonchev–Trinajstić information content (AvgIpc) is 2.34. The first kappa shape index (κ1) is 18.2. The number of aliphatic carboxylic acids is 1. The van der Waals surface area contributed by atoms with Crippen molar-refractivity contribution < 1.29 is 24.2 Å². The third-order valence-corrected chi connectivity index (χ3v) is 2.61. The number of urea groups is 1. The van der Waals surface area contributed by atoms with Gasteiger partial charge in [0.15, 0.2) is 0 Å². The quantitative estimate of drug-likeness (QED) is 0.652. The van der Waals surface area contributed by atoms with Crippen molar-refractivity contribution in [3.05, 3.63) is 0 Å². The Bertz CT molecular complexity index is 344. The fourth-order valence-electron chi connectivity index (χ4n) is 1.55. The molecule has 20 heavy (non-hydrogen) atoms. The van der Waals surface area contributed by atoms with Crippen LogP contribution >= 0.6 is 0 Å². The molecule has 0 rings (SSSR count). The summed E-state index contributed by atoms with van der Waals surface area (Å²) in [6.07, 6.45) is 0.437. The second kappa shape index (κ2) is 9.17. The molecule has 0 saturated carbocycles. The number of carboxylic acid groups (broad SMARTS) is 1. The third kappa shape index (κ3) is 7.60. The molecule has 2 amide bonds. The Morgan fingerprint density at radius 2 is 1.90 bits per heavy atom. The van der Waals surface area contributed by atoms with Gasteiger partial charge in [-0.25, -0.2) is 9.59 Å². The molecule has 7 nitrogen and oxygen atoms in total. The summed E-state index contributed by atoms with van der Waals surface area (Å²) < 4.78 is 4.75. The molecule has 0 fully saturated rings. The van der Waals surface area contributed by atoms with Crippen LogP contribution in [0.1, 0.15) is 33.6 Å². The molecule has 0 aromatic heterocycles. The minimum Gasteiger partial charge on any atom is -0.480 e. The molecule has 2 N–H and O–H groups in total. The monoisotopic (exact) mass is 288 g/mol. The Hall–Kier alpha value is -1.79. The van der Waals surface area contributed by atoms with Gasteiger partial charge < -0.3 is 20.1 Å². The van der Waals surface area contributed by atoms with Crippen molar-refractivity contribution in [1.82, 2.24) is 10.2 Å². The molecule has 0 unspecified atom stereocenters. The molecule has 0 spiro atoms. The molecule has 0 bridgehead atoms. The smallest absolute Gasteiger partial charge is 0.326 e. The van der Waals surface area contributed by atoms with Gasteiger partial charge in [0.25, 0.3) is 0 Å². The summed E-state index contributed by atoms with van der Waals surface area (Å²) in [6, 6.07) is -1.44. The van der Waals surface area contributed by atoms with E-state index < -0.39 is 18.0 Å². The second-order valence-electron chi connectivity index (χ2n) is 4.95. The Morgan fingerprint density at radius 1 is 1.30 bits per heavy atom. The fourth-order valence-corrected chi connectivity index (χ4v) is 1.55. The standard InChI is InChI=1S/C13H24N2O5/c1-5-20-11(16)6-7-15(4)13(19)14-10(12(17)18)8-9(2)3/h9-10H,5-8H2,1-4H3,(H,14,19)(H,17,18)/t10-/m1/s1. The SMILES string of the molecule is CCOC(=O)CCN(C)C(=O)N[C@H](CC(C)C)C(=O)O. The van der Waals surface area contributed by atoms with Gasteiger partial charge in [-0.05, 0) is 19.3 Å². The molecule has 0 aromatic rings. The predicted octanol–water partition coefficient (Wildman–Crippen LogP) is 1.08. The van der Waals surface area contributed by atoms with Crippen molar-refractivity contribution in [1.29, 1.82) is 0 Å². The van der Waals surface area contributed by atoms with Crippen molar-refractivity contribution in [2.24, 2.45) is 5.92 Å². The maximum atomic E-state index is 11.8. The van der Waals surface area contributed by atoms with Crippen molar-refractivity contribution >= 4 is 18.0 Å². The van der Waals surface area contributed by atoms with Gasteiger partial charge in [0.1, 0.15) is 6.04 Å². The zero-order valence-electron chi connectivity index (χ0n) is 12.5. The van der Waals surface area contributed by atoms with E-state index in [2.05, 4.69) is 5.32 Å². The highest BCUT2D eigenvalue weighted by molar-refractivity contribution is 5.82. The first-order chi connectivity index (χ1) is 9.27. The molecule has 0 saturated heterocycles. The van der Waals surface area contributed by atoms with Crippen LogP contribution in [0.25, 0.3) is 0 Å². The van der Waals surface area contributed by atoms with Gasteiger partial charge in [-0.3, -0.25) is 4.79 Å². The van der Waals surface area contributed by atoms with E-state index in [1.807, 2.05) is 13.8 Å². The van der Waals surface area contributed by atoms with Crippen LogP contribution < -0.4 is 5.32 Å². The van der Waals surface area contributed by atoms with Crippen LogP contribution in [0.2, 0.25) is 0 Å². The first-order valence-corrected chi connectivity index (χ1v) is 6.68. The molecule has 7 heteroatoms. The third-order valence-electron chi connectivity index (χ3n) is 2.61. The number of carbonyl (C=O) groups is 3. The number of carboxylic acids is 1. The zero-order valence-corrected chi connectivity index (χ0v) is 12.5. The maximum absolute atomic E-state index is 11.8. The maximum Gasteiger partial charge on any atom is 0.326 e. The Labute approximate surface area is 119 Å². The summed E-state index contributed by atoms with van der Waals surface area (Å²) in [5.74, 6) is -1.30. The van der Waals surface area contributed by atoms with Crippen LogP contribution in [0.5, 0.6) is 0 Å². The van der Waals surface area contributed by atoms with E-state index >= 15 is 0 Å². The van der Waals surface area contributed by atoms with Crippen molar-refractivity contribution in [3.63, 3.8) is 0 Å². The molecule has 0 aliphatic rings. The highest BCUT2D eigenvalue weighted by Gasteiger charge is 2.22. The van der Waals surface area contributed by atoms with E-state index in [4.69, 9.17) is 9.84 Å². The molecule has 1 atom stereocenters. The summed E-state index contributed by atoms with van der Waals surface area (Å²) in [6.45, 7) is 5.94. The van der Waals surface area contributed by atoms with E-state index in [9.17, 15) is 14.4 Å². The van der Waals surface area contributed by atoms with E-state index in [-0.39, 0.29) is 24.9 Å². The molecule has 0 aliphatic carbocycles. The lowest BCUT2D eigenvalue weighted by atomic mass is 10.0. The van der Waals surface area contributed by atoms with Gasteiger partial charge in [0, 0.05) is 13.6 Å². The second-order valence-corrected chi connectivity index (χ2v) is 4.95. The topological polar surface area (TPSA) is 95.9 Å². The van der Waals surface area contributed by atoms with Crippen LogP contribution in [0, 0.1) is 5.92 Å². The number of hydrogen-bond acceptors (Lipinski definition) is 4. The van der Waals surface area contributed by atoms with Gasteiger partial charge >= 0.3 is 18.0 Å². The summed E-state index contributed by atoms with van der Waals surface area (Å²) in [4.78, 5) is 35.3. The predicted molar refractivity (Wildman–Crippen MR) is 73.3 cm³/mol. The fraction of sp³-hybridized carbons (Fsp3) is 0.769. The van der Waals surface area contributed by atoms with Crippen LogP contribution in [0.4, 0.5) is 4.79 Å². The van der Waals surface area contributed by atoms with Crippen LogP contribution in [-0.2, 0) is 14.3 Å². The molecule has 0 aliphatic heterocycles. The lowest BCUT2D eigenvalue weighted by molar-refractivity contribution is -0.143. The van der Waals surface area contributed by atoms with Crippen LogP contribution in [-0.4, -0.2) is 54.2 Å². The molecular formula is C13H24N2O5. The van der Waals surface area contributed by atoms with Crippen molar-refractivity contribution in [2.75, 3.05) is 20.2 Å². The van der Waals surface area contributed by atoms with E-state index in [1.54, 1.807) is 6.92 Å². The van der Waals surface area contributed by atoms with E-state index in [0.717, 1.165) is 0 Å². The largest absolute Gasteiger partial charge is 0.480 e. The molecule has 0 heterocycles. The Balaban J connectivity index is 4.28. The van der Waals surface area contributed by atoms with Crippen molar-refractivity contribution in [2.45, 2.75) is 39.7 Å². The molecule has 0 aromatic carbocycles. The van der Waals surface area contributed by atoms with Crippen LogP contribution in [0.15, 0.2) is 0 Å². The molecule has 116 valence electrons. The lowest BCUT2D eigenvalue weighted by Gasteiger charge is -2.22. The minimum atomic E-state index is -1.06. The highest BCUT2D eigenvalue weighted by atomic mass is 16.5. The summed E-state index contributed by atoms with van der Waals surface area (Å²) >= 11 is 0. The van der Waals surface area contributed by atoms with E-state index in [1.165, 1.54) is 11.9 Å². The highest BCUT2D eigenvalue weighted by Crippen LogP contribution is 2.05. The van der Waals surface area contributed by atoms with Gasteiger partial charge in [0.2, 0.25) is 0 Å². The number of rotatable bonds is 8. The average molecular weight is 288 g/mol. The normalized spacial score (nSPS) is 11.8. The lowest BCUT2D eigenvalue weighted by Crippen LogP contribution is -2.47. The van der Waals surface area contributed by atoms with Gasteiger partial charge in [-0.15, -0.1) is 0 Å². The summed E-state index contributed by atoms with van der Waals surface area (Å²) in [7, 11) is 1.50. The van der Waals surface area contributed by atoms with Crippen molar-refractivity contribution in [3.8, 4) is 0 Å². The van der Waals surface area contributed by atoms with Gasteiger partial charge in [0.05, 0.1) is 13.0 Å². The van der Waals surface area contributed by atoms with Gasteiger partial charge in [-0.2, -0.15) is 0 Å². The zero-order chi connectivity index (χ0) is 15.7. The number of carbonyl (C=O) groups excluding carboxylic acids is 2. The number of esters is 1. The Kier molecular flexibility index (Phi) is 8.35. The Morgan fingerprint density at radius 3 is 2.35 bits per heavy atom. The number of nitrogens with zero attached hydrogens (tertiary/aromatic N) is 1.